The number of nitrogens with zero attached hydrogens (tertiary/aromatic N) is 1. The molecule has 0 aromatic heterocycles. The molecule has 0 aliphatic carbocycles. The molecule has 0 N–H and O–H groups in total. The van der Waals surface area contributed by atoms with Gasteiger partial charge in [0.1, 0.15) is 0 Å². The summed E-state index contributed by atoms with van der Waals surface area (Å²) in [5.74, 6) is 0. The summed E-state index contributed by atoms with van der Waals surface area (Å²) in [6.45, 7) is 0. The van der Waals surface area contributed by atoms with Crippen LogP contribution in [0.1, 0.15) is 11.1 Å². The van der Waals surface area contributed by atoms with Crippen molar-refractivity contribution in [2.75, 3.05) is 0 Å². The molecule has 0 heterocycles. The predicted octanol–water partition coefficient (Wildman–Crippen LogP) is 4.42. The maximum Gasteiger partial charge on any atom is 0.269 e. The predicted molar refractivity (Wildman–Crippen MR) is 73.5 cm³/mol. The van der Waals surface area contributed by atoms with E-state index in [4.69, 9.17) is 11.6 Å². The maximum absolute atomic E-state index is 10.5. The molecule has 0 fully saturated rings. The number of hydrogen-bond donors (Lipinski definition) is 0. The highest BCUT2D eigenvalue weighted by Gasteiger charge is 2.02. The summed E-state index contributed by atoms with van der Waals surface area (Å²) >= 11 is 6.02. The fourth-order valence-electron chi connectivity index (χ4n) is 1.50. The SMILES string of the molecule is O=[N+]([O-])c1ccc(C=Cc2ccccc2Cl)cc1. The van der Waals surface area contributed by atoms with Crippen LogP contribution in [-0.4, -0.2) is 4.92 Å². The minimum Gasteiger partial charge on any atom is -0.258 e. The van der Waals surface area contributed by atoms with Crippen molar-refractivity contribution in [1.29, 1.82) is 0 Å². The second-order valence-corrected chi connectivity index (χ2v) is 4.11. The normalized spacial score (nSPS) is 10.7. The van der Waals surface area contributed by atoms with Gasteiger partial charge in [0.05, 0.1) is 4.92 Å². The van der Waals surface area contributed by atoms with Gasteiger partial charge in [0, 0.05) is 17.2 Å². The van der Waals surface area contributed by atoms with Crippen molar-refractivity contribution in [3.05, 3.63) is 74.8 Å². The molecule has 2 rings (SSSR count). The maximum atomic E-state index is 10.5. The first-order valence-electron chi connectivity index (χ1n) is 5.34. The van der Waals surface area contributed by atoms with Crippen molar-refractivity contribution in [1.82, 2.24) is 0 Å². The molecule has 0 bridgehead atoms. The van der Waals surface area contributed by atoms with E-state index in [1.165, 1.54) is 12.1 Å². The third kappa shape index (κ3) is 2.96. The van der Waals surface area contributed by atoms with Crippen molar-refractivity contribution in [3.63, 3.8) is 0 Å². The summed E-state index contributed by atoms with van der Waals surface area (Å²) in [5, 5.41) is 11.2. The fourth-order valence-corrected chi connectivity index (χ4v) is 1.70. The lowest BCUT2D eigenvalue weighted by Gasteiger charge is -1.97. The van der Waals surface area contributed by atoms with E-state index in [1.54, 1.807) is 12.1 Å². The standard InChI is InChI=1S/C14H10ClNO2/c15-14-4-2-1-3-12(14)8-5-11-6-9-13(10-7-11)16(17)18/h1-10H. The third-order valence-electron chi connectivity index (χ3n) is 2.46. The Labute approximate surface area is 109 Å². The number of hydrogen-bond acceptors (Lipinski definition) is 2. The fraction of sp³-hybridized carbons (Fsp3) is 0. The Morgan fingerprint density at radius 3 is 2.28 bits per heavy atom. The van der Waals surface area contributed by atoms with Crippen molar-refractivity contribution < 1.29 is 4.92 Å². The quantitative estimate of drug-likeness (QED) is 0.465. The molecule has 0 radical (unpaired) electrons. The lowest BCUT2D eigenvalue weighted by Crippen LogP contribution is -1.86. The largest absolute Gasteiger partial charge is 0.269 e. The molecule has 0 saturated heterocycles. The second kappa shape index (κ2) is 5.47. The Hall–Kier alpha value is -2.13. The van der Waals surface area contributed by atoms with E-state index in [-0.39, 0.29) is 5.69 Å². The highest BCUT2D eigenvalue weighted by atomic mass is 35.5. The lowest BCUT2D eigenvalue weighted by atomic mass is 10.1. The van der Waals surface area contributed by atoms with Gasteiger partial charge in [-0.3, -0.25) is 10.1 Å². The van der Waals surface area contributed by atoms with E-state index < -0.39 is 4.92 Å². The van der Waals surface area contributed by atoms with Crippen LogP contribution in [0.5, 0.6) is 0 Å². The first-order valence-corrected chi connectivity index (χ1v) is 5.72. The van der Waals surface area contributed by atoms with Crippen LogP contribution in [0.25, 0.3) is 12.2 Å². The molecule has 18 heavy (non-hydrogen) atoms. The average Bonchev–Trinajstić information content (AvgIpc) is 2.38. The number of benzene rings is 2. The molecule has 90 valence electrons. The summed E-state index contributed by atoms with van der Waals surface area (Å²) < 4.78 is 0. The van der Waals surface area contributed by atoms with E-state index in [2.05, 4.69) is 0 Å². The number of rotatable bonds is 3. The van der Waals surface area contributed by atoms with Gasteiger partial charge < -0.3 is 0 Å². The van der Waals surface area contributed by atoms with Crippen molar-refractivity contribution in [3.8, 4) is 0 Å². The highest BCUT2D eigenvalue weighted by molar-refractivity contribution is 6.32. The van der Waals surface area contributed by atoms with Crippen LogP contribution in [0.2, 0.25) is 5.02 Å². The monoisotopic (exact) mass is 259 g/mol. The van der Waals surface area contributed by atoms with Crippen LogP contribution in [0, 0.1) is 10.1 Å². The van der Waals surface area contributed by atoms with Crippen LogP contribution in [0.15, 0.2) is 48.5 Å². The zero-order valence-electron chi connectivity index (χ0n) is 9.42. The molecule has 3 nitrogen and oxygen atoms in total. The molecule has 0 spiro atoms. The summed E-state index contributed by atoms with van der Waals surface area (Å²) in [4.78, 5) is 10.1. The molecule has 0 saturated carbocycles. The zero-order valence-corrected chi connectivity index (χ0v) is 10.2. The molecule has 0 amide bonds. The van der Waals surface area contributed by atoms with Crippen LogP contribution in [0.4, 0.5) is 5.69 Å². The van der Waals surface area contributed by atoms with Gasteiger partial charge in [0.25, 0.3) is 5.69 Å². The van der Waals surface area contributed by atoms with E-state index in [9.17, 15) is 10.1 Å². The van der Waals surface area contributed by atoms with Crippen molar-refractivity contribution >= 4 is 29.4 Å². The van der Waals surface area contributed by atoms with E-state index in [1.807, 2.05) is 36.4 Å². The average molecular weight is 260 g/mol. The van der Waals surface area contributed by atoms with Gasteiger partial charge in [-0.05, 0) is 29.3 Å². The summed E-state index contributed by atoms with van der Waals surface area (Å²) in [7, 11) is 0. The molecule has 2 aromatic rings. The van der Waals surface area contributed by atoms with Crippen LogP contribution >= 0.6 is 11.6 Å². The Balaban J connectivity index is 2.19. The summed E-state index contributed by atoms with van der Waals surface area (Å²) in [5.41, 5.74) is 1.89. The van der Waals surface area contributed by atoms with Gasteiger partial charge in [-0.2, -0.15) is 0 Å². The smallest absolute Gasteiger partial charge is 0.258 e. The van der Waals surface area contributed by atoms with Crippen molar-refractivity contribution in [2.24, 2.45) is 0 Å². The first-order chi connectivity index (χ1) is 8.66. The van der Waals surface area contributed by atoms with Gasteiger partial charge >= 0.3 is 0 Å². The molecule has 0 aliphatic heterocycles. The van der Waals surface area contributed by atoms with E-state index >= 15 is 0 Å². The molecule has 0 atom stereocenters. The number of nitro groups is 1. The van der Waals surface area contributed by atoms with Gasteiger partial charge in [0.15, 0.2) is 0 Å². The minimum absolute atomic E-state index is 0.0879. The van der Waals surface area contributed by atoms with Gasteiger partial charge in [-0.1, -0.05) is 42.0 Å². The molecule has 2 aromatic carbocycles. The number of non-ortho nitro benzene ring substituents is 1. The Morgan fingerprint density at radius 2 is 1.67 bits per heavy atom. The lowest BCUT2D eigenvalue weighted by molar-refractivity contribution is -0.384. The van der Waals surface area contributed by atoms with Crippen LogP contribution in [-0.2, 0) is 0 Å². The second-order valence-electron chi connectivity index (χ2n) is 3.70. The zero-order chi connectivity index (χ0) is 13.0. The molecule has 0 unspecified atom stereocenters. The molecular formula is C14H10ClNO2. The Kier molecular flexibility index (Phi) is 3.75. The summed E-state index contributed by atoms with van der Waals surface area (Å²) in [6.07, 6.45) is 3.74. The Bertz CT molecular complexity index is 591. The first kappa shape index (κ1) is 12.3. The van der Waals surface area contributed by atoms with Crippen molar-refractivity contribution in [2.45, 2.75) is 0 Å². The minimum atomic E-state index is -0.415. The van der Waals surface area contributed by atoms with Gasteiger partial charge in [-0.25, -0.2) is 0 Å². The van der Waals surface area contributed by atoms with Gasteiger partial charge in [0.2, 0.25) is 0 Å². The number of nitro benzene ring substituents is 1. The molecule has 4 heteroatoms. The van der Waals surface area contributed by atoms with Crippen LogP contribution in [0.3, 0.4) is 0 Å². The highest BCUT2D eigenvalue weighted by Crippen LogP contribution is 2.19. The van der Waals surface area contributed by atoms with Crippen LogP contribution < -0.4 is 0 Å². The molecule has 0 aliphatic rings. The number of halogens is 1. The van der Waals surface area contributed by atoms with Gasteiger partial charge in [-0.15, -0.1) is 0 Å². The summed E-state index contributed by atoms with van der Waals surface area (Å²) in [6, 6.07) is 13.9. The Morgan fingerprint density at radius 1 is 1.00 bits per heavy atom. The molecular weight excluding hydrogens is 250 g/mol. The van der Waals surface area contributed by atoms with E-state index in [0.717, 1.165) is 11.1 Å². The van der Waals surface area contributed by atoms with E-state index in [0.29, 0.717) is 5.02 Å². The topological polar surface area (TPSA) is 43.1 Å². The third-order valence-corrected chi connectivity index (χ3v) is 2.81.